The van der Waals surface area contributed by atoms with Gasteiger partial charge in [-0.3, -0.25) is 9.78 Å². The summed E-state index contributed by atoms with van der Waals surface area (Å²) in [7, 11) is 0. The van der Waals surface area contributed by atoms with Crippen LogP contribution in [0.3, 0.4) is 0 Å². The predicted octanol–water partition coefficient (Wildman–Crippen LogP) is 4.74. The van der Waals surface area contributed by atoms with Crippen molar-refractivity contribution < 1.29 is 9.18 Å². The zero-order valence-electron chi connectivity index (χ0n) is 15.4. The van der Waals surface area contributed by atoms with E-state index in [0.717, 1.165) is 34.5 Å². The highest BCUT2D eigenvalue weighted by Crippen LogP contribution is 2.18. The molecule has 1 aromatic heterocycles. The third-order valence-electron chi connectivity index (χ3n) is 4.29. The molecule has 0 aliphatic carbocycles. The largest absolute Gasteiger partial charge is 0.385 e. The van der Waals surface area contributed by atoms with Gasteiger partial charge in [-0.1, -0.05) is 24.3 Å². The molecule has 5 heteroatoms. The van der Waals surface area contributed by atoms with Crippen LogP contribution in [0, 0.1) is 19.7 Å². The van der Waals surface area contributed by atoms with Crippen molar-refractivity contribution in [3.05, 3.63) is 89.0 Å². The molecule has 0 aliphatic rings. The Morgan fingerprint density at radius 3 is 2.59 bits per heavy atom. The van der Waals surface area contributed by atoms with Gasteiger partial charge in [-0.05, 0) is 67.3 Å². The summed E-state index contributed by atoms with van der Waals surface area (Å²) in [6, 6.07) is 15.9. The normalized spacial score (nSPS) is 10.5. The Morgan fingerprint density at radius 2 is 1.81 bits per heavy atom. The number of hydrogen-bond donors (Lipinski definition) is 2. The maximum absolute atomic E-state index is 12.9. The minimum Gasteiger partial charge on any atom is -0.385 e. The van der Waals surface area contributed by atoms with Crippen LogP contribution in [-0.2, 0) is 6.42 Å². The lowest BCUT2D eigenvalue weighted by Crippen LogP contribution is -2.15. The van der Waals surface area contributed by atoms with Gasteiger partial charge in [0.25, 0.3) is 5.91 Å². The van der Waals surface area contributed by atoms with Gasteiger partial charge in [-0.25, -0.2) is 4.39 Å². The highest BCUT2D eigenvalue weighted by molar-refractivity contribution is 6.03. The van der Waals surface area contributed by atoms with Crippen molar-refractivity contribution >= 4 is 17.3 Å². The minimum atomic E-state index is -0.245. The van der Waals surface area contributed by atoms with E-state index >= 15 is 0 Å². The molecule has 0 aliphatic heterocycles. The van der Waals surface area contributed by atoms with Crippen LogP contribution in [-0.4, -0.2) is 17.4 Å². The summed E-state index contributed by atoms with van der Waals surface area (Å²) >= 11 is 0. The maximum Gasteiger partial charge on any atom is 0.274 e. The number of benzene rings is 2. The lowest BCUT2D eigenvalue weighted by molar-refractivity contribution is 0.102. The summed E-state index contributed by atoms with van der Waals surface area (Å²) in [5.41, 5.74) is 5.09. The van der Waals surface area contributed by atoms with Gasteiger partial charge in [0.2, 0.25) is 0 Å². The molecule has 1 heterocycles. The third kappa shape index (κ3) is 5.14. The number of aromatic nitrogens is 1. The van der Waals surface area contributed by atoms with Crippen LogP contribution in [0.4, 0.5) is 15.8 Å². The Bertz CT molecular complexity index is 939. The van der Waals surface area contributed by atoms with Crippen molar-refractivity contribution in [1.82, 2.24) is 4.98 Å². The van der Waals surface area contributed by atoms with Crippen LogP contribution in [0.2, 0.25) is 0 Å². The third-order valence-corrected chi connectivity index (χ3v) is 4.29. The number of carbonyl (C=O) groups is 1. The smallest absolute Gasteiger partial charge is 0.274 e. The molecule has 0 radical (unpaired) electrons. The number of hydrogen-bond acceptors (Lipinski definition) is 3. The van der Waals surface area contributed by atoms with Crippen LogP contribution in [0.15, 0.2) is 60.8 Å². The van der Waals surface area contributed by atoms with Crippen LogP contribution in [0.25, 0.3) is 0 Å². The molecule has 3 aromatic rings. The zero-order valence-corrected chi connectivity index (χ0v) is 15.4. The Kier molecular flexibility index (Phi) is 5.81. The summed E-state index contributed by atoms with van der Waals surface area (Å²) < 4.78 is 12.9. The van der Waals surface area contributed by atoms with E-state index in [-0.39, 0.29) is 11.7 Å². The molecule has 138 valence electrons. The number of anilines is 2. The summed E-state index contributed by atoms with van der Waals surface area (Å²) in [6.07, 6.45) is 2.37. The van der Waals surface area contributed by atoms with Gasteiger partial charge in [0, 0.05) is 24.1 Å². The van der Waals surface area contributed by atoms with Gasteiger partial charge in [0.15, 0.2) is 0 Å². The molecule has 3 rings (SSSR count). The first-order chi connectivity index (χ1) is 13.0. The van der Waals surface area contributed by atoms with E-state index in [1.165, 1.54) is 12.1 Å². The van der Waals surface area contributed by atoms with E-state index in [1.54, 1.807) is 24.4 Å². The number of halogens is 1. The lowest BCUT2D eigenvalue weighted by Gasteiger charge is -2.10. The van der Waals surface area contributed by atoms with Crippen LogP contribution >= 0.6 is 0 Å². The molecule has 0 spiro atoms. The van der Waals surface area contributed by atoms with Crippen LogP contribution in [0.5, 0.6) is 0 Å². The maximum atomic E-state index is 12.9. The number of pyridine rings is 1. The van der Waals surface area contributed by atoms with Gasteiger partial charge in [-0.15, -0.1) is 0 Å². The van der Waals surface area contributed by atoms with Gasteiger partial charge in [0.1, 0.15) is 11.5 Å². The number of rotatable bonds is 6. The first-order valence-electron chi connectivity index (χ1n) is 8.84. The molecule has 0 saturated carbocycles. The van der Waals surface area contributed by atoms with E-state index in [4.69, 9.17) is 0 Å². The van der Waals surface area contributed by atoms with Crippen molar-refractivity contribution in [2.24, 2.45) is 0 Å². The molecule has 0 atom stereocenters. The van der Waals surface area contributed by atoms with E-state index < -0.39 is 0 Å². The molecule has 2 N–H and O–H groups in total. The number of nitrogens with zero attached hydrogens (tertiary/aromatic N) is 1. The van der Waals surface area contributed by atoms with Crippen molar-refractivity contribution in [3.63, 3.8) is 0 Å². The van der Waals surface area contributed by atoms with Crippen molar-refractivity contribution in [3.8, 4) is 0 Å². The van der Waals surface area contributed by atoms with Crippen LogP contribution in [0.1, 0.15) is 27.2 Å². The Balaban J connectivity index is 1.61. The summed E-state index contributed by atoms with van der Waals surface area (Å²) in [5, 5.41) is 6.19. The second-order valence-corrected chi connectivity index (χ2v) is 6.51. The van der Waals surface area contributed by atoms with Gasteiger partial charge in [-0.2, -0.15) is 0 Å². The monoisotopic (exact) mass is 363 g/mol. The highest BCUT2D eigenvalue weighted by atomic mass is 19.1. The van der Waals surface area contributed by atoms with E-state index in [9.17, 15) is 9.18 Å². The van der Waals surface area contributed by atoms with Gasteiger partial charge in [0.05, 0.1) is 0 Å². The molecule has 4 nitrogen and oxygen atoms in total. The molecule has 2 aromatic carbocycles. The summed E-state index contributed by atoms with van der Waals surface area (Å²) in [6.45, 7) is 4.61. The molecule has 0 saturated heterocycles. The number of carbonyl (C=O) groups excluding carboxylic acids is 1. The first-order valence-corrected chi connectivity index (χ1v) is 8.84. The first kappa shape index (κ1) is 18.6. The second-order valence-electron chi connectivity index (χ2n) is 6.51. The summed E-state index contributed by atoms with van der Waals surface area (Å²) in [5.74, 6) is -0.480. The molecule has 1 amide bonds. The lowest BCUT2D eigenvalue weighted by atomic mass is 10.1. The average Bonchev–Trinajstić information content (AvgIpc) is 2.66. The molecule has 0 unspecified atom stereocenters. The standard InChI is InChI=1S/C22H22FN3O/c1-15-3-4-16(2)20(13-15)26-22(27)21-14-19(10-12-25-21)24-11-9-17-5-7-18(23)8-6-17/h3-8,10,12-14H,9,11H2,1-2H3,(H,24,25)(H,26,27). The Labute approximate surface area is 158 Å². The van der Waals surface area contributed by atoms with Gasteiger partial charge < -0.3 is 10.6 Å². The molecule has 0 bridgehead atoms. The second kappa shape index (κ2) is 8.45. The fourth-order valence-corrected chi connectivity index (χ4v) is 2.72. The van der Waals surface area contributed by atoms with E-state index in [2.05, 4.69) is 15.6 Å². The highest BCUT2D eigenvalue weighted by Gasteiger charge is 2.10. The van der Waals surface area contributed by atoms with Crippen molar-refractivity contribution in [2.45, 2.75) is 20.3 Å². The van der Waals surface area contributed by atoms with Crippen molar-refractivity contribution in [1.29, 1.82) is 0 Å². The van der Waals surface area contributed by atoms with E-state index in [1.807, 2.05) is 38.1 Å². The Hall–Kier alpha value is -3.21. The Morgan fingerprint density at radius 1 is 1.04 bits per heavy atom. The quantitative estimate of drug-likeness (QED) is 0.665. The SMILES string of the molecule is Cc1ccc(C)c(NC(=O)c2cc(NCCc3ccc(F)cc3)ccn2)c1. The number of amides is 1. The average molecular weight is 363 g/mol. The predicted molar refractivity (Wildman–Crippen MR) is 107 cm³/mol. The zero-order chi connectivity index (χ0) is 19.2. The fraction of sp³-hybridized carbons (Fsp3) is 0.182. The summed E-state index contributed by atoms with van der Waals surface area (Å²) in [4.78, 5) is 16.7. The molecule has 27 heavy (non-hydrogen) atoms. The fourth-order valence-electron chi connectivity index (χ4n) is 2.72. The topological polar surface area (TPSA) is 54.0 Å². The van der Waals surface area contributed by atoms with Crippen LogP contribution < -0.4 is 10.6 Å². The number of aryl methyl sites for hydroxylation is 2. The van der Waals surface area contributed by atoms with Crippen molar-refractivity contribution in [2.75, 3.05) is 17.2 Å². The van der Waals surface area contributed by atoms with Gasteiger partial charge >= 0.3 is 0 Å². The van der Waals surface area contributed by atoms with E-state index in [0.29, 0.717) is 12.2 Å². The minimum absolute atomic E-state index is 0.236. The molecule has 0 fully saturated rings. The number of nitrogens with one attached hydrogen (secondary N) is 2. The molecular formula is C22H22FN3O. The molecular weight excluding hydrogens is 341 g/mol.